The van der Waals surface area contributed by atoms with E-state index in [-0.39, 0.29) is 6.54 Å². The molecule has 7 heteroatoms. The first-order valence-electron chi connectivity index (χ1n) is 4.94. The third kappa shape index (κ3) is 3.75. The summed E-state index contributed by atoms with van der Waals surface area (Å²) >= 11 is 0. The standard InChI is InChI=1S/C10H12F3N3O/c1-6-7(2)17-9(16-6)5-15-4-8(3-14)10(11,12)13/h8,15H,4-5H2,1-2H3. The molecule has 0 spiro atoms. The molecule has 1 unspecified atom stereocenters. The molecule has 1 N–H and O–H groups in total. The van der Waals surface area contributed by atoms with Gasteiger partial charge in [-0.1, -0.05) is 0 Å². The third-order valence-electron chi connectivity index (χ3n) is 2.25. The van der Waals surface area contributed by atoms with E-state index in [1.165, 1.54) is 6.07 Å². The van der Waals surface area contributed by atoms with E-state index in [0.29, 0.717) is 17.3 Å². The zero-order valence-electron chi connectivity index (χ0n) is 9.43. The SMILES string of the molecule is Cc1nc(CNCC(C#N)C(F)(F)F)oc1C. The Bertz CT molecular complexity index is 400. The maximum absolute atomic E-state index is 12.2. The summed E-state index contributed by atoms with van der Waals surface area (Å²) in [6.45, 7) is 3.07. The van der Waals surface area contributed by atoms with Crippen LogP contribution in [0.1, 0.15) is 17.3 Å². The number of nitrogens with zero attached hydrogens (tertiary/aromatic N) is 2. The van der Waals surface area contributed by atoms with Gasteiger partial charge in [0.1, 0.15) is 5.76 Å². The van der Waals surface area contributed by atoms with E-state index in [4.69, 9.17) is 9.68 Å². The van der Waals surface area contributed by atoms with Crippen molar-refractivity contribution < 1.29 is 17.6 Å². The molecule has 1 aromatic rings. The summed E-state index contributed by atoms with van der Waals surface area (Å²) in [4.78, 5) is 4.00. The largest absolute Gasteiger partial charge is 0.444 e. The lowest BCUT2D eigenvalue weighted by Gasteiger charge is -2.12. The number of hydrogen-bond acceptors (Lipinski definition) is 4. The quantitative estimate of drug-likeness (QED) is 0.884. The number of rotatable bonds is 4. The summed E-state index contributed by atoms with van der Waals surface area (Å²) in [7, 11) is 0. The second-order valence-electron chi connectivity index (χ2n) is 3.60. The highest BCUT2D eigenvalue weighted by atomic mass is 19.4. The van der Waals surface area contributed by atoms with Crippen molar-refractivity contribution >= 4 is 0 Å². The Kier molecular flexibility index (Phi) is 4.12. The number of halogens is 3. The topological polar surface area (TPSA) is 61.9 Å². The van der Waals surface area contributed by atoms with Crippen LogP contribution in [0.25, 0.3) is 0 Å². The molecule has 0 aliphatic heterocycles. The Hall–Kier alpha value is -1.55. The molecule has 4 nitrogen and oxygen atoms in total. The van der Waals surface area contributed by atoms with Crippen LogP contribution in [0.15, 0.2) is 4.42 Å². The summed E-state index contributed by atoms with van der Waals surface area (Å²) in [5, 5.41) is 10.9. The summed E-state index contributed by atoms with van der Waals surface area (Å²) in [6, 6.07) is 1.21. The Morgan fingerprint density at radius 1 is 1.47 bits per heavy atom. The molecular formula is C10H12F3N3O. The van der Waals surface area contributed by atoms with Crippen LogP contribution in [0.4, 0.5) is 13.2 Å². The monoisotopic (exact) mass is 247 g/mol. The van der Waals surface area contributed by atoms with Gasteiger partial charge < -0.3 is 9.73 Å². The number of oxazole rings is 1. The van der Waals surface area contributed by atoms with Crippen LogP contribution in [-0.2, 0) is 6.54 Å². The van der Waals surface area contributed by atoms with Crippen molar-refractivity contribution in [2.75, 3.05) is 6.54 Å². The van der Waals surface area contributed by atoms with Gasteiger partial charge in [-0.15, -0.1) is 0 Å². The van der Waals surface area contributed by atoms with Gasteiger partial charge in [0.05, 0.1) is 18.3 Å². The summed E-state index contributed by atoms with van der Waals surface area (Å²) in [6.07, 6.45) is -4.51. The van der Waals surface area contributed by atoms with Crippen molar-refractivity contribution in [1.29, 1.82) is 5.26 Å². The highest BCUT2D eigenvalue weighted by Crippen LogP contribution is 2.24. The molecule has 94 valence electrons. The number of alkyl halides is 3. The fraction of sp³-hybridized carbons (Fsp3) is 0.600. The Labute approximate surface area is 96.4 Å². The van der Waals surface area contributed by atoms with Gasteiger partial charge in [0.15, 0.2) is 5.92 Å². The van der Waals surface area contributed by atoms with E-state index in [0.717, 1.165) is 0 Å². The van der Waals surface area contributed by atoms with Crippen molar-refractivity contribution in [2.24, 2.45) is 5.92 Å². The van der Waals surface area contributed by atoms with Gasteiger partial charge in [-0.2, -0.15) is 18.4 Å². The summed E-state index contributed by atoms with van der Waals surface area (Å²) in [5.41, 5.74) is 0.703. The second-order valence-corrected chi connectivity index (χ2v) is 3.60. The lowest BCUT2D eigenvalue weighted by molar-refractivity contribution is -0.157. The minimum atomic E-state index is -4.51. The van der Waals surface area contributed by atoms with Gasteiger partial charge in [0.25, 0.3) is 0 Å². The highest BCUT2D eigenvalue weighted by molar-refractivity contribution is 5.05. The molecule has 17 heavy (non-hydrogen) atoms. The summed E-state index contributed by atoms with van der Waals surface area (Å²) in [5.74, 6) is -1.06. The number of aromatic nitrogens is 1. The minimum absolute atomic E-state index is 0.0724. The smallest absolute Gasteiger partial charge is 0.405 e. The zero-order chi connectivity index (χ0) is 13.1. The molecule has 0 aliphatic rings. The first kappa shape index (κ1) is 13.5. The fourth-order valence-corrected chi connectivity index (χ4v) is 1.17. The molecule has 0 radical (unpaired) electrons. The molecule has 0 amide bonds. The van der Waals surface area contributed by atoms with Gasteiger partial charge in [-0.3, -0.25) is 0 Å². The Morgan fingerprint density at radius 3 is 2.53 bits per heavy atom. The number of hydrogen-bond donors (Lipinski definition) is 1. The van der Waals surface area contributed by atoms with Crippen molar-refractivity contribution in [3.63, 3.8) is 0 Å². The van der Waals surface area contributed by atoms with Crippen LogP contribution < -0.4 is 5.32 Å². The van der Waals surface area contributed by atoms with E-state index in [2.05, 4.69) is 10.3 Å². The van der Waals surface area contributed by atoms with Gasteiger partial charge in [0.2, 0.25) is 5.89 Å². The predicted octanol–water partition coefficient (Wildman–Crippen LogP) is 2.08. The molecule has 0 fully saturated rings. The lowest BCUT2D eigenvalue weighted by Crippen LogP contribution is -2.32. The third-order valence-corrected chi connectivity index (χ3v) is 2.25. The maximum Gasteiger partial charge on any atom is 0.405 e. The van der Waals surface area contributed by atoms with Crippen molar-refractivity contribution in [2.45, 2.75) is 26.6 Å². The molecular weight excluding hydrogens is 235 g/mol. The first-order chi connectivity index (χ1) is 7.84. The van der Waals surface area contributed by atoms with Crippen LogP contribution >= 0.6 is 0 Å². The van der Waals surface area contributed by atoms with E-state index < -0.39 is 18.6 Å². The molecule has 1 atom stereocenters. The second kappa shape index (κ2) is 5.19. The van der Waals surface area contributed by atoms with Crippen LogP contribution in [-0.4, -0.2) is 17.7 Å². The fourth-order valence-electron chi connectivity index (χ4n) is 1.17. The van der Waals surface area contributed by atoms with Gasteiger partial charge >= 0.3 is 6.18 Å². The van der Waals surface area contributed by atoms with Crippen molar-refractivity contribution in [3.05, 3.63) is 17.3 Å². The van der Waals surface area contributed by atoms with Gasteiger partial charge in [-0.05, 0) is 13.8 Å². The summed E-state index contributed by atoms with van der Waals surface area (Å²) < 4.78 is 41.8. The van der Waals surface area contributed by atoms with Crippen LogP contribution in [0, 0.1) is 31.1 Å². The number of aryl methyl sites for hydroxylation is 2. The highest BCUT2D eigenvalue weighted by Gasteiger charge is 2.39. The molecule has 1 rings (SSSR count). The lowest BCUT2D eigenvalue weighted by atomic mass is 10.1. The molecule has 0 aromatic carbocycles. The van der Waals surface area contributed by atoms with E-state index in [1.807, 2.05) is 0 Å². The van der Waals surface area contributed by atoms with E-state index in [9.17, 15) is 13.2 Å². The number of nitriles is 1. The van der Waals surface area contributed by atoms with Crippen molar-refractivity contribution in [3.8, 4) is 6.07 Å². The molecule has 0 bridgehead atoms. The average molecular weight is 247 g/mol. The predicted molar refractivity (Wildman–Crippen MR) is 52.8 cm³/mol. The zero-order valence-corrected chi connectivity index (χ0v) is 9.43. The molecule has 1 heterocycles. The van der Waals surface area contributed by atoms with Gasteiger partial charge in [0, 0.05) is 6.54 Å². The molecule has 0 aliphatic carbocycles. The molecule has 0 saturated carbocycles. The van der Waals surface area contributed by atoms with E-state index >= 15 is 0 Å². The van der Waals surface area contributed by atoms with Crippen molar-refractivity contribution in [1.82, 2.24) is 10.3 Å². The maximum atomic E-state index is 12.2. The first-order valence-corrected chi connectivity index (χ1v) is 4.94. The minimum Gasteiger partial charge on any atom is -0.444 e. The van der Waals surface area contributed by atoms with Crippen LogP contribution in [0.3, 0.4) is 0 Å². The molecule has 1 aromatic heterocycles. The van der Waals surface area contributed by atoms with E-state index in [1.54, 1.807) is 13.8 Å². The normalized spacial score (nSPS) is 13.4. The average Bonchev–Trinajstić information content (AvgIpc) is 2.51. The van der Waals surface area contributed by atoms with Gasteiger partial charge in [-0.25, -0.2) is 4.98 Å². The Morgan fingerprint density at radius 2 is 2.12 bits per heavy atom. The number of nitrogens with one attached hydrogen (secondary N) is 1. The molecule has 0 saturated heterocycles. The van der Waals surface area contributed by atoms with Crippen LogP contribution in [0.5, 0.6) is 0 Å². The Balaban J connectivity index is 2.45. The van der Waals surface area contributed by atoms with Crippen LogP contribution in [0.2, 0.25) is 0 Å².